The zero-order chi connectivity index (χ0) is 25.7. The predicted octanol–water partition coefficient (Wildman–Crippen LogP) is 7.89. The van der Waals surface area contributed by atoms with Crippen LogP contribution < -0.4 is 10.2 Å². The molecule has 1 aliphatic carbocycles. The summed E-state index contributed by atoms with van der Waals surface area (Å²) < 4.78 is 0. The highest BCUT2D eigenvalue weighted by molar-refractivity contribution is 5.83. The van der Waals surface area contributed by atoms with Gasteiger partial charge in [0.05, 0.1) is 0 Å². The Balaban J connectivity index is 1.57. The molecule has 7 rings (SSSR count). The summed E-state index contributed by atoms with van der Waals surface area (Å²) >= 11 is 0. The third kappa shape index (κ3) is 3.30. The van der Waals surface area contributed by atoms with Crippen LogP contribution in [0.1, 0.15) is 45.8 Å². The van der Waals surface area contributed by atoms with Crippen molar-refractivity contribution in [2.45, 2.75) is 23.4 Å². The summed E-state index contributed by atoms with van der Waals surface area (Å²) in [6.45, 7) is 0. The van der Waals surface area contributed by atoms with Crippen LogP contribution in [0.3, 0.4) is 0 Å². The van der Waals surface area contributed by atoms with Crippen LogP contribution in [-0.4, -0.2) is 14.1 Å². The zero-order valence-corrected chi connectivity index (χ0v) is 21.9. The summed E-state index contributed by atoms with van der Waals surface area (Å²) in [5.41, 5.74) is 10.5. The van der Waals surface area contributed by atoms with Gasteiger partial charge in [-0.15, -0.1) is 0 Å². The van der Waals surface area contributed by atoms with Gasteiger partial charge in [-0.25, -0.2) is 0 Å². The van der Waals surface area contributed by atoms with Crippen molar-refractivity contribution >= 4 is 5.69 Å². The zero-order valence-electron chi connectivity index (χ0n) is 21.9. The largest absolute Gasteiger partial charge is 0.378 e. The van der Waals surface area contributed by atoms with Crippen LogP contribution in [0.2, 0.25) is 0 Å². The van der Waals surface area contributed by atoms with E-state index in [1.54, 1.807) is 0 Å². The number of anilines is 1. The normalized spacial score (nSPS) is 20.7. The monoisotopic (exact) mass is 492 g/mol. The fraction of sp³-hybridized carbons (Fsp3) is 0.167. The van der Waals surface area contributed by atoms with E-state index < -0.39 is 0 Å². The van der Waals surface area contributed by atoms with Gasteiger partial charge in [-0.1, -0.05) is 121 Å². The van der Waals surface area contributed by atoms with E-state index in [1.807, 2.05) is 0 Å². The Bertz CT molecular complexity index is 1530. The summed E-state index contributed by atoms with van der Waals surface area (Å²) in [5, 5.41) is 4.21. The van der Waals surface area contributed by atoms with Crippen molar-refractivity contribution in [3.8, 4) is 11.1 Å². The number of fused-ring (bicyclic) bond motifs is 5. The highest BCUT2D eigenvalue weighted by Gasteiger charge is 2.61. The van der Waals surface area contributed by atoms with Crippen LogP contribution >= 0.6 is 0 Å². The topological polar surface area (TPSA) is 15.3 Å². The fourth-order valence-electron chi connectivity index (χ4n) is 7.19. The van der Waals surface area contributed by atoms with Gasteiger partial charge in [0.1, 0.15) is 0 Å². The van der Waals surface area contributed by atoms with Crippen LogP contribution in [0.15, 0.2) is 133 Å². The molecule has 0 saturated carbocycles. The van der Waals surface area contributed by atoms with Gasteiger partial charge in [-0.05, 0) is 51.1 Å². The molecule has 2 nitrogen and oxygen atoms in total. The lowest BCUT2D eigenvalue weighted by molar-refractivity contribution is 0.420. The Kier molecular flexibility index (Phi) is 5.45. The molecule has 2 heteroatoms. The molecule has 1 spiro atoms. The second-order valence-electron chi connectivity index (χ2n) is 10.8. The smallest absolute Gasteiger partial charge is 0.0496 e. The van der Waals surface area contributed by atoms with Gasteiger partial charge < -0.3 is 10.2 Å². The number of rotatable bonds is 4. The number of nitrogens with one attached hydrogen (secondary N) is 1. The first-order chi connectivity index (χ1) is 18.7. The van der Waals surface area contributed by atoms with E-state index in [1.165, 1.54) is 44.6 Å². The molecule has 0 bridgehead atoms. The Morgan fingerprint density at radius 2 is 1.03 bits per heavy atom. The van der Waals surface area contributed by atoms with Gasteiger partial charge in [-0.2, -0.15) is 0 Å². The molecule has 186 valence electrons. The molecule has 1 N–H and O–H groups in total. The maximum Gasteiger partial charge on any atom is 0.0496 e. The first kappa shape index (κ1) is 23.0. The van der Waals surface area contributed by atoms with Crippen molar-refractivity contribution in [2.24, 2.45) is 0 Å². The van der Waals surface area contributed by atoms with Crippen LogP contribution in [-0.2, 0) is 5.41 Å². The molecule has 5 aromatic carbocycles. The molecule has 38 heavy (non-hydrogen) atoms. The van der Waals surface area contributed by atoms with E-state index >= 15 is 0 Å². The third-order valence-electron chi connectivity index (χ3n) is 8.72. The maximum atomic E-state index is 4.21. The van der Waals surface area contributed by atoms with E-state index in [2.05, 4.69) is 158 Å². The van der Waals surface area contributed by atoms with Gasteiger partial charge in [0.25, 0.3) is 0 Å². The van der Waals surface area contributed by atoms with Gasteiger partial charge in [0, 0.05) is 43.2 Å². The molecular weight excluding hydrogens is 460 g/mol. The molecule has 1 fully saturated rings. The average Bonchev–Trinajstić information content (AvgIpc) is 3.49. The summed E-state index contributed by atoms with van der Waals surface area (Å²) in [4.78, 5) is 2.17. The molecule has 1 heterocycles. The minimum Gasteiger partial charge on any atom is -0.378 e. The Morgan fingerprint density at radius 1 is 0.526 bits per heavy atom. The molecule has 1 aliphatic heterocycles. The maximum absolute atomic E-state index is 4.21. The third-order valence-corrected chi connectivity index (χ3v) is 8.72. The Morgan fingerprint density at radius 3 is 1.58 bits per heavy atom. The molecule has 0 unspecified atom stereocenters. The quantitative estimate of drug-likeness (QED) is 0.274. The average molecular weight is 493 g/mol. The van der Waals surface area contributed by atoms with Crippen molar-refractivity contribution in [1.29, 1.82) is 0 Å². The number of benzene rings is 5. The lowest BCUT2D eigenvalue weighted by atomic mass is 9.61. The lowest BCUT2D eigenvalue weighted by Crippen LogP contribution is -2.36. The Hall–Kier alpha value is -4.14. The summed E-state index contributed by atoms with van der Waals surface area (Å²) in [6, 6.07) is 49.8. The molecule has 2 aliphatic rings. The highest BCUT2D eigenvalue weighted by atomic mass is 15.1. The summed E-state index contributed by atoms with van der Waals surface area (Å²) in [5.74, 6) is 0.191. The SMILES string of the molecule is CN(C)c1ccc([C@H]2[C@H](c3ccccc3)N[C@H](c3ccccc3)C23c2ccccc2-c2ccccc23)cc1. The van der Waals surface area contributed by atoms with Gasteiger partial charge in [0.15, 0.2) is 0 Å². The molecule has 1 saturated heterocycles. The molecular formula is C36H32N2. The van der Waals surface area contributed by atoms with Crippen LogP contribution in [0.4, 0.5) is 5.69 Å². The molecule has 0 amide bonds. The van der Waals surface area contributed by atoms with Crippen LogP contribution in [0.5, 0.6) is 0 Å². The van der Waals surface area contributed by atoms with Crippen LogP contribution in [0.25, 0.3) is 11.1 Å². The lowest BCUT2D eigenvalue weighted by Gasteiger charge is -2.40. The van der Waals surface area contributed by atoms with Crippen molar-refractivity contribution < 1.29 is 0 Å². The van der Waals surface area contributed by atoms with Crippen molar-refractivity contribution in [3.05, 3.63) is 161 Å². The number of hydrogen-bond donors (Lipinski definition) is 1. The first-order valence-corrected chi connectivity index (χ1v) is 13.5. The first-order valence-electron chi connectivity index (χ1n) is 13.5. The minimum atomic E-state index is -0.269. The van der Waals surface area contributed by atoms with E-state index in [4.69, 9.17) is 0 Å². The second kappa shape index (κ2) is 9.01. The Labute approximate surface area is 225 Å². The van der Waals surface area contributed by atoms with E-state index in [-0.39, 0.29) is 23.4 Å². The van der Waals surface area contributed by atoms with E-state index in [0.717, 1.165) is 0 Å². The highest BCUT2D eigenvalue weighted by Crippen LogP contribution is 2.67. The van der Waals surface area contributed by atoms with Crippen molar-refractivity contribution in [2.75, 3.05) is 19.0 Å². The standard InChI is InChI=1S/C36H32N2/c1-38(2)28-23-21-25(22-24-28)33-34(26-13-5-3-6-14-26)37-35(27-15-7-4-8-16-27)36(33)31-19-11-9-17-29(31)30-18-10-12-20-32(30)36/h3-24,33-35,37H,1-2H3/t33-,34-,35+/m0/s1. The van der Waals surface area contributed by atoms with Gasteiger partial charge in [0.2, 0.25) is 0 Å². The van der Waals surface area contributed by atoms with Gasteiger partial charge >= 0.3 is 0 Å². The van der Waals surface area contributed by atoms with Crippen LogP contribution in [0, 0.1) is 0 Å². The minimum absolute atomic E-state index is 0.109. The fourth-order valence-corrected chi connectivity index (χ4v) is 7.19. The number of nitrogens with zero attached hydrogens (tertiary/aromatic N) is 1. The van der Waals surface area contributed by atoms with Crippen molar-refractivity contribution in [1.82, 2.24) is 5.32 Å². The van der Waals surface area contributed by atoms with Crippen molar-refractivity contribution in [3.63, 3.8) is 0 Å². The predicted molar refractivity (Wildman–Crippen MR) is 158 cm³/mol. The second-order valence-corrected chi connectivity index (χ2v) is 10.8. The number of hydrogen-bond acceptors (Lipinski definition) is 2. The summed E-state index contributed by atoms with van der Waals surface area (Å²) in [6.07, 6.45) is 0. The molecule has 3 atom stereocenters. The van der Waals surface area contributed by atoms with E-state index in [9.17, 15) is 0 Å². The van der Waals surface area contributed by atoms with E-state index in [0.29, 0.717) is 0 Å². The van der Waals surface area contributed by atoms with Gasteiger partial charge in [-0.3, -0.25) is 0 Å². The summed E-state index contributed by atoms with van der Waals surface area (Å²) in [7, 11) is 4.21. The molecule has 0 aromatic heterocycles. The molecule has 5 aromatic rings. The molecule has 0 radical (unpaired) electrons.